The molecule has 0 bridgehead atoms. The number of carbonyl (C=O) groups is 2. The summed E-state index contributed by atoms with van der Waals surface area (Å²) in [5.74, 6) is -2.11. The lowest BCUT2D eigenvalue weighted by atomic mass is 10.2. The van der Waals surface area contributed by atoms with Crippen LogP contribution in [0.15, 0.2) is 12.7 Å². The largest absolute Gasteiger partial charge is 0.452 e. The molecule has 2 unspecified atom stereocenters. The topological polar surface area (TPSA) is 91.2 Å². The van der Waals surface area contributed by atoms with E-state index in [4.69, 9.17) is 19.9 Å². The lowest BCUT2D eigenvalue weighted by Crippen LogP contribution is -2.36. The zero-order chi connectivity index (χ0) is 12.9. The normalized spacial score (nSPS) is 23.6. The molecular weight excluding hydrogens is 226 g/mol. The summed E-state index contributed by atoms with van der Waals surface area (Å²) in [6, 6.07) is 0. The van der Waals surface area contributed by atoms with Crippen molar-refractivity contribution in [3.05, 3.63) is 12.7 Å². The minimum Gasteiger partial charge on any atom is -0.452 e. The van der Waals surface area contributed by atoms with Crippen LogP contribution in [-0.2, 0) is 23.8 Å². The molecule has 6 heteroatoms. The van der Waals surface area contributed by atoms with Crippen molar-refractivity contribution in [3.63, 3.8) is 0 Å². The quantitative estimate of drug-likeness (QED) is 0.388. The molecule has 1 aliphatic rings. The number of hydrogen-bond acceptors (Lipinski definition) is 6. The zero-order valence-electron chi connectivity index (χ0n) is 9.81. The van der Waals surface area contributed by atoms with Crippen molar-refractivity contribution >= 4 is 11.9 Å². The molecule has 0 aromatic heterocycles. The number of hydrogen-bond donors (Lipinski definition) is 1. The van der Waals surface area contributed by atoms with Gasteiger partial charge >= 0.3 is 11.9 Å². The van der Waals surface area contributed by atoms with E-state index in [1.54, 1.807) is 6.92 Å². The van der Waals surface area contributed by atoms with Gasteiger partial charge in [0.05, 0.1) is 0 Å². The monoisotopic (exact) mass is 243 g/mol. The highest BCUT2D eigenvalue weighted by molar-refractivity contribution is 5.81. The molecule has 0 saturated carbocycles. The predicted octanol–water partition coefficient (Wildman–Crippen LogP) is 0.113. The van der Waals surface area contributed by atoms with Crippen LogP contribution in [-0.4, -0.2) is 37.0 Å². The van der Waals surface area contributed by atoms with Crippen LogP contribution in [0.25, 0.3) is 0 Å². The van der Waals surface area contributed by atoms with Gasteiger partial charge in [-0.15, -0.1) is 0 Å². The van der Waals surface area contributed by atoms with E-state index in [9.17, 15) is 9.59 Å². The van der Waals surface area contributed by atoms with E-state index in [1.807, 2.05) is 0 Å². The molecule has 0 aromatic carbocycles. The SMILES string of the molecule is C=CC(=O)OC(C)C1(OC(=O)CCCN)CO1. The predicted molar refractivity (Wildman–Crippen MR) is 58.8 cm³/mol. The average molecular weight is 243 g/mol. The fourth-order valence-corrected chi connectivity index (χ4v) is 1.25. The van der Waals surface area contributed by atoms with Gasteiger partial charge in [-0.3, -0.25) is 4.79 Å². The van der Waals surface area contributed by atoms with Crippen LogP contribution in [0.2, 0.25) is 0 Å². The first-order valence-electron chi connectivity index (χ1n) is 5.43. The fraction of sp³-hybridized carbons (Fsp3) is 0.636. The van der Waals surface area contributed by atoms with Crippen molar-refractivity contribution in [2.75, 3.05) is 13.2 Å². The molecule has 1 fully saturated rings. The maximum absolute atomic E-state index is 11.4. The number of epoxide rings is 1. The third-order valence-electron chi connectivity index (χ3n) is 2.38. The molecule has 96 valence electrons. The van der Waals surface area contributed by atoms with Crippen molar-refractivity contribution < 1.29 is 23.8 Å². The molecule has 17 heavy (non-hydrogen) atoms. The van der Waals surface area contributed by atoms with Crippen molar-refractivity contribution in [2.24, 2.45) is 5.73 Å². The van der Waals surface area contributed by atoms with Gasteiger partial charge < -0.3 is 19.9 Å². The van der Waals surface area contributed by atoms with Crippen LogP contribution in [0.3, 0.4) is 0 Å². The number of esters is 2. The lowest BCUT2D eigenvalue weighted by molar-refractivity contribution is -0.180. The van der Waals surface area contributed by atoms with Crippen molar-refractivity contribution in [2.45, 2.75) is 31.7 Å². The first-order chi connectivity index (χ1) is 8.04. The van der Waals surface area contributed by atoms with Crippen molar-refractivity contribution in [1.29, 1.82) is 0 Å². The first kappa shape index (κ1) is 13.7. The molecule has 1 saturated heterocycles. The third kappa shape index (κ3) is 3.83. The number of ether oxygens (including phenoxy) is 3. The number of nitrogens with two attached hydrogens (primary N) is 1. The molecule has 0 aromatic rings. The fourth-order valence-electron chi connectivity index (χ4n) is 1.25. The summed E-state index contributed by atoms with van der Waals surface area (Å²) >= 11 is 0. The van der Waals surface area contributed by atoms with E-state index in [-0.39, 0.29) is 13.0 Å². The molecule has 0 spiro atoms. The van der Waals surface area contributed by atoms with Crippen molar-refractivity contribution in [3.8, 4) is 0 Å². The van der Waals surface area contributed by atoms with E-state index in [1.165, 1.54) is 0 Å². The van der Waals surface area contributed by atoms with Gasteiger partial charge in [0.15, 0.2) is 6.10 Å². The number of carbonyl (C=O) groups excluding carboxylic acids is 2. The highest BCUT2D eigenvalue weighted by Crippen LogP contribution is 2.34. The zero-order valence-corrected chi connectivity index (χ0v) is 9.81. The lowest BCUT2D eigenvalue weighted by Gasteiger charge is -2.20. The Balaban J connectivity index is 2.43. The Morgan fingerprint density at radius 2 is 2.29 bits per heavy atom. The van der Waals surface area contributed by atoms with E-state index in [0.29, 0.717) is 13.0 Å². The van der Waals surface area contributed by atoms with Gasteiger partial charge in [-0.1, -0.05) is 6.58 Å². The highest BCUT2D eigenvalue weighted by atomic mass is 16.8. The standard InChI is InChI=1S/C11H17NO5/c1-3-9(13)16-8(2)11(7-15-11)17-10(14)5-4-6-12/h3,8H,1,4-7,12H2,2H3. The molecule has 0 amide bonds. The second-order valence-electron chi connectivity index (χ2n) is 3.75. The molecule has 1 heterocycles. The third-order valence-corrected chi connectivity index (χ3v) is 2.38. The summed E-state index contributed by atoms with van der Waals surface area (Å²) in [6.07, 6.45) is 1.16. The summed E-state index contributed by atoms with van der Waals surface area (Å²) in [4.78, 5) is 22.4. The summed E-state index contributed by atoms with van der Waals surface area (Å²) < 4.78 is 15.1. The van der Waals surface area contributed by atoms with E-state index < -0.39 is 23.8 Å². The average Bonchev–Trinajstić information content (AvgIpc) is 3.07. The van der Waals surface area contributed by atoms with Crippen LogP contribution in [0.1, 0.15) is 19.8 Å². The van der Waals surface area contributed by atoms with E-state index in [2.05, 4.69) is 6.58 Å². The van der Waals surface area contributed by atoms with Crippen LogP contribution < -0.4 is 5.73 Å². The van der Waals surface area contributed by atoms with Gasteiger partial charge in [0.2, 0.25) is 0 Å². The van der Waals surface area contributed by atoms with Gasteiger partial charge in [-0.2, -0.15) is 0 Å². The van der Waals surface area contributed by atoms with Gasteiger partial charge in [-0.05, 0) is 19.9 Å². The second kappa shape index (κ2) is 5.79. The van der Waals surface area contributed by atoms with Crippen LogP contribution in [0.4, 0.5) is 0 Å². The van der Waals surface area contributed by atoms with E-state index >= 15 is 0 Å². The van der Waals surface area contributed by atoms with Gasteiger partial charge in [-0.25, -0.2) is 4.79 Å². The molecule has 1 aliphatic heterocycles. The molecular formula is C11H17NO5. The Bertz CT molecular complexity index is 311. The molecule has 2 N–H and O–H groups in total. The van der Waals surface area contributed by atoms with Crippen LogP contribution in [0.5, 0.6) is 0 Å². The summed E-state index contributed by atoms with van der Waals surface area (Å²) in [7, 11) is 0. The van der Waals surface area contributed by atoms with Gasteiger partial charge in [0.25, 0.3) is 5.79 Å². The van der Waals surface area contributed by atoms with Crippen LogP contribution >= 0.6 is 0 Å². The Hall–Kier alpha value is -1.40. The van der Waals surface area contributed by atoms with Gasteiger partial charge in [0, 0.05) is 12.5 Å². The second-order valence-corrected chi connectivity index (χ2v) is 3.75. The Morgan fingerprint density at radius 1 is 1.65 bits per heavy atom. The Labute approximate surface area is 99.7 Å². The molecule has 0 aliphatic carbocycles. The maximum Gasteiger partial charge on any atom is 0.330 e. The van der Waals surface area contributed by atoms with E-state index in [0.717, 1.165) is 6.08 Å². The van der Waals surface area contributed by atoms with Crippen molar-refractivity contribution in [1.82, 2.24) is 0 Å². The first-order valence-corrected chi connectivity index (χ1v) is 5.43. The summed E-state index contributed by atoms with van der Waals surface area (Å²) in [5, 5.41) is 0. The molecule has 0 radical (unpaired) electrons. The minimum atomic E-state index is -1.12. The molecule has 6 nitrogen and oxygen atoms in total. The Kier molecular flexibility index (Phi) is 4.65. The highest BCUT2D eigenvalue weighted by Gasteiger charge is 2.56. The maximum atomic E-state index is 11.4. The van der Waals surface area contributed by atoms with Gasteiger partial charge in [0.1, 0.15) is 6.61 Å². The Morgan fingerprint density at radius 3 is 2.76 bits per heavy atom. The smallest absolute Gasteiger partial charge is 0.330 e. The molecule has 2 atom stereocenters. The summed E-state index contributed by atoms with van der Waals surface area (Å²) in [6.45, 7) is 5.53. The number of rotatable bonds is 7. The minimum absolute atomic E-state index is 0.226. The summed E-state index contributed by atoms with van der Waals surface area (Å²) in [5.41, 5.74) is 5.28. The molecule has 1 rings (SSSR count). The van der Waals surface area contributed by atoms with Crippen LogP contribution in [0, 0.1) is 0 Å².